The molecule has 0 unspecified atom stereocenters. The maximum Gasteiger partial charge on any atom is 0.353 e. The van der Waals surface area contributed by atoms with E-state index in [0.717, 1.165) is 25.7 Å². The molecular weight excluding hydrogens is 234 g/mol. The molecule has 18 heavy (non-hydrogen) atoms. The van der Waals surface area contributed by atoms with Gasteiger partial charge in [0.2, 0.25) is 5.91 Å². The summed E-state index contributed by atoms with van der Waals surface area (Å²) in [6.07, 6.45) is 5.04. The Balaban J connectivity index is 2.03. The van der Waals surface area contributed by atoms with Gasteiger partial charge in [-0.25, -0.2) is 4.79 Å². The molecule has 0 bridgehead atoms. The molecule has 1 saturated carbocycles. The Hall–Kier alpha value is -1.85. The lowest BCUT2D eigenvalue weighted by atomic mass is 9.75. The fourth-order valence-corrected chi connectivity index (χ4v) is 2.32. The van der Waals surface area contributed by atoms with Crippen molar-refractivity contribution in [3.8, 4) is 0 Å². The quantitative estimate of drug-likeness (QED) is 0.765. The predicted molar refractivity (Wildman–Crippen MR) is 65.4 cm³/mol. The lowest BCUT2D eigenvalue weighted by molar-refractivity contribution is -0.126. The molecule has 0 atom stereocenters. The molecule has 1 fully saturated rings. The molecule has 0 aromatic carbocycles. The normalized spacial score (nSPS) is 18.3. The van der Waals surface area contributed by atoms with Gasteiger partial charge in [0, 0.05) is 11.5 Å². The van der Waals surface area contributed by atoms with Gasteiger partial charge < -0.3 is 10.4 Å². The first-order valence-electron chi connectivity index (χ1n) is 6.11. The second-order valence-electron chi connectivity index (χ2n) is 5.05. The number of carboxylic acids is 1. The van der Waals surface area contributed by atoms with Crippen LogP contribution in [0, 0.1) is 5.41 Å². The van der Waals surface area contributed by atoms with Crippen molar-refractivity contribution in [2.24, 2.45) is 5.41 Å². The van der Waals surface area contributed by atoms with Crippen LogP contribution in [0.2, 0.25) is 0 Å². The summed E-state index contributed by atoms with van der Waals surface area (Å²) in [7, 11) is 0. The number of anilines is 1. The van der Waals surface area contributed by atoms with Crippen LogP contribution in [-0.2, 0) is 4.79 Å². The zero-order chi connectivity index (χ0) is 13.2. The van der Waals surface area contributed by atoms with E-state index in [-0.39, 0.29) is 22.8 Å². The van der Waals surface area contributed by atoms with Gasteiger partial charge in [-0.15, -0.1) is 0 Å². The number of carbonyl (C=O) groups is 2. The Morgan fingerprint density at radius 2 is 2.06 bits per heavy atom. The van der Waals surface area contributed by atoms with E-state index in [9.17, 15) is 9.59 Å². The van der Waals surface area contributed by atoms with Crippen molar-refractivity contribution in [1.29, 1.82) is 0 Å². The van der Waals surface area contributed by atoms with Crippen LogP contribution in [0.1, 0.15) is 49.5 Å². The van der Waals surface area contributed by atoms with Crippen LogP contribution in [0.4, 0.5) is 5.82 Å². The van der Waals surface area contributed by atoms with Crippen LogP contribution in [0.15, 0.2) is 6.07 Å². The first-order chi connectivity index (χ1) is 8.51. The van der Waals surface area contributed by atoms with Gasteiger partial charge in [-0.2, -0.15) is 5.10 Å². The van der Waals surface area contributed by atoms with E-state index in [4.69, 9.17) is 5.11 Å². The van der Waals surface area contributed by atoms with E-state index in [1.54, 1.807) is 0 Å². The molecule has 1 aromatic heterocycles. The molecule has 0 aliphatic heterocycles. The molecule has 1 aromatic rings. The number of amides is 1. The zero-order valence-corrected chi connectivity index (χ0v) is 10.3. The van der Waals surface area contributed by atoms with E-state index >= 15 is 0 Å². The number of hydrogen-bond donors (Lipinski definition) is 3. The highest BCUT2D eigenvalue weighted by atomic mass is 16.4. The Kier molecular flexibility index (Phi) is 3.36. The highest BCUT2D eigenvalue weighted by Gasteiger charge is 2.34. The topological polar surface area (TPSA) is 95.1 Å². The zero-order valence-electron chi connectivity index (χ0n) is 10.3. The largest absolute Gasteiger partial charge is 0.477 e. The molecule has 0 saturated heterocycles. The molecule has 1 aliphatic rings. The summed E-state index contributed by atoms with van der Waals surface area (Å²) < 4.78 is 0. The molecule has 1 heterocycles. The third-order valence-corrected chi connectivity index (χ3v) is 3.56. The van der Waals surface area contributed by atoms with Crippen LogP contribution < -0.4 is 5.32 Å². The fourth-order valence-electron chi connectivity index (χ4n) is 2.32. The summed E-state index contributed by atoms with van der Waals surface area (Å²) in [5.41, 5.74) is -0.389. The number of rotatable bonds is 3. The summed E-state index contributed by atoms with van der Waals surface area (Å²) in [4.78, 5) is 22.8. The monoisotopic (exact) mass is 251 g/mol. The fraction of sp³-hybridized carbons (Fsp3) is 0.583. The first-order valence-corrected chi connectivity index (χ1v) is 6.11. The van der Waals surface area contributed by atoms with Crippen molar-refractivity contribution < 1.29 is 14.7 Å². The Labute approximate surface area is 105 Å². The second kappa shape index (κ2) is 4.80. The number of carboxylic acid groups (broad SMARTS) is 1. The third-order valence-electron chi connectivity index (χ3n) is 3.56. The van der Waals surface area contributed by atoms with Crippen LogP contribution in [0.25, 0.3) is 0 Å². The standard InChI is InChI=1S/C12H17N3O3/c1-12(5-3-2-4-6-12)11(18)13-9-7-8(10(16)17)14-15-9/h7H,2-6H2,1H3,(H,16,17)(H2,13,14,15,18). The number of nitrogens with one attached hydrogen (secondary N) is 2. The molecular formula is C12H17N3O3. The molecule has 2 rings (SSSR count). The van der Waals surface area contributed by atoms with Crippen molar-refractivity contribution in [3.05, 3.63) is 11.8 Å². The number of aromatic nitrogens is 2. The lowest BCUT2D eigenvalue weighted by Gasteiger charge is -2.31. The van der Waals surface area contributed by atoms with Gasteiger partial charge in [0.1, 0.15) is 5.69 Å². The van der Waals surface area contributed by atoms with Crippen molar-refractivity contribution in [2.45, 2.75) is 39.0 Å². The number of aromatic amines is 1. The van der Waals surface area contributed by atoms with E-state index in [1.165, 1.54) is 12.5 Å². The van der Waals surface area contributed by atoms with E-state index < -0.39 is 5.97 Å². The molecule has 1 amide bonds. The van der Waals surface area contributed by atoms with Gasteiger partial charge in [0.15, 0.2) is 5.82 Å². The van der Waals surface area contributed by atoms with Crippen LogP contribution in [-0.4, -0.2) is 27.2 Å². The maximum atomic E-state index is 12.2. The smallest absolute Gasteiger partial charge is 0.353 e. The first kappa shape index (κ1) is 12.6. The Morgan fingerprint density at radius 3 is 2.61 bits per heavy atom. The highest BCUT2D eigenvalue weighted by Crippen LogP contribution is 2.36. The summed E-state index contributed by atoms with van der Waals surface area (Å²) in [5, 5.41) is 17.6. The number of nitrogens with zero attached hydrogens (tertiary/aromatic N) is 1. The number of carbonyl (C=O) groups excluding carboxylic acids is 1. The molecule has 98 valence electrons. The van der Waals surface area contributed by atoms with Gasteiger partial charge in [-0.3, -0.25) is 9.89 Å². The summed E-state index contributed by atoms with van der Waals surface area (Å²) in [6.45, 7) is 1.95. The molecule has 0 spiro atoms. The molecule has 0 radical (unpaired) electrons. The maximum absolute atomic E-state index is 12.2. The SMILES string of the molecule is CC1(C(=O)Nc2cc(C(=O)O)[nH]n2)CCCCC1. The van der Waals surface area contributed by atoms with Gasteiger partial charge in [-0.1, -0.05) is 26.2 Å². The minimum Gasteiger partial charge on any atom is -0.477 e. The molecule has 6 heteroatoms. The summed E-state index contributed by atoms with van der Waals surface area (Å²) in [5.74, 6) is -0.901. The Bertz CT molecular complexity index is 461. The minimum atomic E-state index is -1.09. The van der Waals surface area contributed by atoms with Crippen molar-refractivity contribution in [2.75, 3.05) is 5.32 Å². The van der Waals surface area contributed by atoms with Crippen molar-refractivity contribution >= 4 is 17.7 Å². The van der Waals surface area contributed by atoms with E-state index in [0.29, 0.717) is 0 Å². The lowest BCUT2D eigenvalue weighted by Crippen LogP contribution is -2.35. The molecule has 6 nitrogen and oxygen atoms in total. The van der Waals surface area contributed by atoms with Gasteiger partial charge >= 0.3 is 5.97 Å². The van der Waals surface area contributed by atoms with Crippen molar-refractivity contribution in [1.82, 2.24) is 10.2 Å². The van der Waals surface area contributed by atoms with Gasteiger partial charge in [0.05, 0.1) is 0 Å². The highest BCUT2D eigenvalue weighted by molar-refractivity contribution is 5.95. The molecule has 1 aliphatic carbocycles. The second-order valence-corrected chi connectivity index (χ2v) is 5.05. The third kappa shape index (κ3) is 2.52. The van der Waals surface area contributed by atoms with Gasteiger partial charge in [0.25, 0.3) is 0 Å². The van der Waals surface area contributed by atoms with E-state index in [2.05, 4.69) is 15.5 Å². The molecule has 3 N–H and O–H groups in total. The van der Waals surface area contributed by atoms with Crippen molar-refractivity contribution in [3.63, 3.8) is 0 Å². The summed E-state index contributed by atoms with van der Waals surface area (Å²) in [6, 6.07) is 1.33. The number of H-pyrrole nitrogens is 1. The van der Waals surface area contributed by atoms with Crippen LogP contribution in [0.3, 0.4) is 0 Å². The average Bonchev–Trinajstić information content (AvgIpc) is 2.78. The van der Waals surface area contributed by atoms with Crippen LogP contribution >= 0.6 is 0 Å². The average molecular weight is 251 g/mol. The number of hydrogen-bond acceptors (Lipinski definition) is 3. The predicted octanol–water partition coefficient (Wildman–Crippen LogP) is 2.02. The number of aromatic carboxylic acids is 1. The van der Waals surface area contributed by atoms with E-state index in [1.807, 2.05) is 6.92 Å². The summed E-state index contributed by atoms with van der Waals surface area (Å²) >= 11 is 0. The van der Waals surface area contributed by atoms with Crippen LogP contribution in [0.5, 0.6) is 0 Å². The Morgan fingerprint density at radius 1 is 1.39 bits per heavy atom. The minimum absolute atomic E-state index is 0.0286. The van der Waals surface area contributed by atoms with Gasteiger partial charge in [-0.05, 0) is 12.8 Å².